The van der Waals surface area contributed by atoms with E-state index in [2.05, 4.69) is 21.3 Å². The van der Waals surface area contributed by atoms with Gasteiger partial charge in [0.1, 0.15) is 0 Å². The van der Waals surface area contributed by atoms with Crippen LogP contribution in [0.5, 0.6) is 0 Å². The Morgan fingerprint density at radius 2 is 0.677 bits per heavy atom. The van der Waals surface area contributed by atoms with Gasteiger partial charge in [-0.3, -0.25) is 58.0 Å². The van der Waals surface area contributed by atoms with Gasteiger partial charge in [-0.1, -0.05) is 91.0 Å². The van der Waals surface area contributed by atoms with Gasteiger partial charge < -0.3 is 26.4 Å². The molecule has 62 heavy (non-hydrogen) atoms. The molecular weight excluding hydrogens is 797 g/mol. The molecule has 4 rings (SSSR count). The molecule has 1 aliphatic heterocycles. The van der Waals surface area contributed by atoms with Crippen LogP contribution in [-0.4, -0.2) is 176 Å². The summed E-state index contributed by atoms with van der Waals surface area (Å²) in [5.41, 5.74) is 1.42. The minimum Gasteiger partial charge on any atom is -0.481 e. The number of rotatable bonds is 22. The summed E-state index contributed by atoms with van der Waals surface area (Å²) < 4.78 is 0. The summed E-state index contributed by atoms with van der Waals surface area (Å²) >= 11 is 0. The van der Waals surface area contributed by atoms with Gasteiger partial charge in [-0.2, -0.15) is 0 Å². The second-order valence-corrected chi connectivity index (χ2v) is 15.0. The fourth-order valence-electron chi connectivity index (χ4n) is 6.59. The smallest absolute Gasteiger partial charge is 0.303 e. The Kier molecular flexibility index (Phi) is 21.1. The molecule has 5 N–H and O–H groups in total. The first-order valence-electron chi connectivity index (χ1n) is 20.9. The van der Waals surface area contributed by atoms with Crippen molar-refractivity contribution in [2.75, 3.05) is 105 Å². The third-order valence-electron chi connectivity index (χ3n) is 10.2. The van der Waals surface area contributed by atoms with Crippen molar-refractivity contribution < 1.29 is 43.5 Å². The number of carboxylic acid groups (broad SMARTS) is 1. The molecule has 17 nitrogen and oxygen atoms in total. The summed E-state index contributed by atoms with van der Waals surface area (Å²) in [6, 6.07) is 25.9. The van der Waals surface area contributed by atoms with Gasteiger partial charge >= 0.3 is 5.97 Å². The number of carbonyl (C=O) groups excluding carboxylic acids is 7. The number of Topliss-reactive ketones (excluding diaryl/α,β-unsaturated/α-hetero) is 3. The molecule has 0 bridgehead atoms. The quantitative estimate of drug-likeness (QED) is 0.0692. The largest absolute Gasteiger partial charge is 0.481 e. The molecule has 1 heterocycles. The van der Waals surface area contributed by atoms with Crippen LogP contribution in [-0.2, 0) is 24.0 Å². The van der Waals surface area contributed by atoms with E-state index in [4.69, 9.17) is 5.11 Å². The predicted octanol–water partition coefficient (Wildman–Crippen LogP) is 0.576. The molecule has 0 aliphatic carbocycles. The van der Waals surface area contributed by atoms with Crippen molar-refractivity contribution in [3.05, 3.63) is 108 Å². The second-order valence-electron chi connectivity index (χ2n) is 15.0. The molecule has 3 aromatic rings. The number of carbonyl (C=O) groups is 8. The Balaban J connectivity index is 1.46. The molecule has 0 aromatic heterocycles. The maximum atomic E-state index is 13.3. The highest BCUT2D eigenvalue weighted by Gasteiger charge is 2.23. The topological polar surface area (TPSA) is 218 Å². The Morgan fingerprint density at radius 1 is 0.403 bits per heavy atom. The maximum Gasteiger partial charge on any atom is 0.303 e. The summed E-state index contributed by atoms with van der Waals surface area (Å²) in [5, 5.41) is 19.9. The molecule has 332 valence electrons. The van der Waals surface area contributed by atoms with Crippen LogP contribution in [0.1, 0.15) is 50.3 Å². The van der Waals surface area contributed by atoms with E-state index >= 15 is 0 Å². The molecule has 0 saturated carbocycles. The van der Waals surface area contributed by atoms with Gasteiger partial charge in [0, 0.05) is 82.0 Å². The van der Waals surface area contributed by atoms with Crippen LogP contribution in [0.4, 0.5) is 0 Å². The lowest BCUT2D eigenvalue weighted by Crippen LogP contribution is -2.51. The van der Waals surface area contributed by atoms with E-state index in [9.17, 15) is 38.4 Å². The molecule has 17 heteroatoms. The molecule has 0 atom stereocenters. The normalized spacial score (nSPS) is 14.6. The minimum absolute atomic E-state index is 0.00412. The van der Waals surface area contributed by atoms with E-state index in [1.165, 1.54) is 0 Å². The van der Waals surface area contributed by atoms with Gasteiger partial charge in [-0.05, 0) is 12.8 Å². The number of hydrogen-bond donors (Lipinski definition) is 5. The van der Waals surface area contributed by atoms with E-state index in [1.54, 1.807) is 91.0 Å². The van der Waals surface area contributed by atoms with Crippen molar-refractivity contribution in [3.8, 4) is 0 Å². The van der Waals surface area contributed by atoms with Crippen LogP contribution in [0, 0.1) is 0 Å². The molecule has 4 amide bonds. The first kappa shape index (κ1) is 48.5. The van der Waals surface area contributed by atoms with Gasteiger partial charge in [0.2, 0.25) is 23.6 Å². The van der Waals surface area contributed by atoms with Crippen molar-refractivity contribution in [2.24, 2.45) is 0 Å². The zero-order chi connectivity index (χ0) is 44.5. The van der Waals surface area contributed by atoms with Gasteiger partial charge in [0.15, 0.2) is 17.3 Å². The van der Waals surface area contributed by atoms with Crippen LogP contribution >= 0.6 is 0 Å². The van der Waals surface area contributed by atoms with E-state index in [-0.39, 0.29) is 93.2 Å². The highest BCUT2D eigenvalue weighted by Crippen LogP contribution is 2.05. The average molecular weight is 855 g/mol. The van der Waals surface area contributed by atoms with Gasteiger partial charge in [-0.25, -0.2) is 0 Å². The zero-order valence-corrected chi connectivity index (χ0v) is 35.1. The Bertz CT molecular complexity index is 1850. The lowest BCUT2D eigenvalue weighted by atomic mass is 10.1. The first-order chi connectivity index (χ1) is 29.9. The zero-order valence-electron chi connectivity index (χ0n) is 35.1. The van der Waals surface area contributed by atoms with Crippen LogP contribution in [0.3, 0.4) is 0 Å². The van der Waals surface area contributed by atoms with E-state index < -0.39 is 5.97 Å². The number of hydrogen-bond acceptors (Lipinski definition) is 12. The second kappa shape index (κ2) is 26.9. The Hall–Kier alpha value is -6.14. The van der Waals surface area contributed by atoms with Crippen molar-refractivity contribution >= 4 is 46.9 Å². The van der Waals surface area contributed by atoms with E-state index in [0.29, 0.717) is 88.4 Å². The van der Waals surface area contributed by atoms with Crippen molar-refractivity contribution in [3.63, 3.8) is 0 Å². The van der Waals surface area contributed by atoms with Crippen molar-refractivity contribution in [2.45, 2.75) is 19.3 Å². The molecule has 1 saturated heterocycles. The highest BCUT2D eigenvalue weighted by molar-refractivity contribution is 6.00. The lowest BCUT2D eigenvalue weighted by molar-refractivity contribution is -0.137. The molecule has 1 fully saturated rings. The fourth-order valence-corrected chi connectivity index (χ4v) is 6.59. The monoisotopic (exact) mass is 854 g/mol. The van der Waals surface area contributed by atoms with Crippen LogP contribution < -0.4 is 21.3 Å². The summed E-state index contributed by atoms with van der Waals surface area (Å²) in [5.74, 6) is -3.02. The van der Waals surface area contributed by atoms with Gasteiger partial charge in [0.25, 0.3) is 0 Å². The van der Waals surface area contributed by atoms with Crippen LogP contribution in [0.15, 0.2) is 91.0 Å². The van der Waals surface area contributed by atoms with Gasteiger partial charge in [-0.15, -0.1) is 0 Å². The third kappa shape index (κ3) is 19.1. The summed E-state index contributed by atoms with van der Waals surface area (Å²) in [6.45, 7) is 2.18. The fraction of sp³-hybridized carbons (Fsp3) is 0.422. The summed E-state index contributed by atoms with van der Waals surface area (Å²) in [4.78, 5) is 109. The highest BCUT2D eigenvalue weighted by atomic mass is 16.4. The number of nitrogens with one attached hydrogen (secondary N) is 4. The summed E-state index contributed by atoms with van der Waals surface area (Å²) in [6.07, 6.45) is 0.929. The predicted molar refractivity (Wildman–Crippen MR) is 232 cm³/mol. The number of amides is 4. The Morgan fingerprint density at radius 3 is 0.952 bits per heavy atom. The van der Waals surface area contributed by atoms with Crippen molar-refractivity contribution in [1.29, 1.82) is 0 Å². The van der Waals surface area contributed by atoms with Crippen LogP contribution in [0.2, 0.25) is 0 Å². The third-order valence-corrected chi connectivity index (χ3v) is 10.2. The molecule has 1 aliphatic rings. The standard InChI is InChI=1S/C45H58N8O9/c54-38(35-12-4-1-5-13-35)28-47-42(58)32-51-22-20-50(31-41(57)46-19-11-10-18-45(61)62)21-23-52(33-43(59)48-29-39(55)36-14-6-2-7-15-36)25-27-53(26-24-51)34-44(60)49-30-40(56)37-16-8-3-9-17-37/h1-9,12-17H,10-11,18-34H2,(H,46,57)(H,47,58)(H,48,59)(H,49,60)(H,61,62). The molecule has 0 radical (unpaired) electrons. The number of nitrogens with zero attached hydrogens (tertiary/aromatic N) is 4. The van der Waals surface area contributed by atoms with Gasteiger partial charge in [0.05, 0.1) is 45.8 Å². The van der Waals surface area contributed by atoms with Crippen molar-refractivity contribution in [1.82, 2.24) is 40.9 Å². The number of unbranched alkanes of at least 4 members (excludes halogenated alkanes) is 1. The molecule has 0 spiro atoms. The Labute approximate surface area is 362 Å². The van der Waals surface area contributed by atoms with E-state index in [0.717, 1.165) is 0 Å². The summed E-state index contributed by atoms with van der Waals surface area (Å²) in [7, 11) is 0. The number of carboxylic acids is 1. The SMILES string of the molecule is O=C(O)CCCCNC(=O)CN1CCN(CC(=O)NCC(=O)c2ccccc2)CCN(CC(=O)NCC(=O)c2ccccc2)CCN(CC(=O)NCC(=O)c2ccccc2)CC1. The number of ketones is 3. The van der Waals surface area contributed by atoms with Crippen LogP contribution in [0.25, 0.3) is 0 Å². The molecular formula is C45H58N8O9. The number of aliphatic carboxylic acids is 1. The minimum atomic E-state index is -0.903. The average Bonchev–Trinajstić information content (AvgIpc) is 3.27. The molecule has 0 unspecified atom stereocenters. The maximum absolute atomic E-state index is 13.3. The first-order valence-corrected chi connectivity index (χ1v) is 20.9. The lowest BCUT2D eigenvalue weighted by Gasteiger charge is -2.33. The van der Waals surface area contributed by atoms with E-state index in [1.807, 2.05) is 19.6 Å². The number of benzene rings is 3. The molecule has 3 aromatic carbocycles.